The number of rotatable bonds is 0. The van der Waals surface area contributed by atoms with Gasteiger partial charge in [0.15, 0.2) is 0 Å². The van der Waals surface area contributed by atoms with Crippen molar-refractivity contribution in [3.05, 3.63) is 0 Å². The zero-order valence-corrected chi connectivity index (χ0v) is 3.91. The molecular weight excluding hydrogens is 74.1 g/mol. The van der Waals surface area contributed by atoms with Gasteiger partial charge in [-0.1, -0.05) is 6.42 Å². The van der Waals surface area contributed by atoms with Crippen LogP contribution in [0.4, 0.5) is 0 Å². The molecule has 1 saturated heterocycles. The van der Waals surface area contributed by atoms with Gasteiger partial charge in [0.1, 0.15) is 0 Å². The molecular formula is C5H11N. The average Bonchev–Trinajstić information content (AvgIpc) is 1.69. The summed E-state index contributed by atoms with van der Waals surface area (Å²) in [4.78, 5) is 0. The van der Waals surface area contributed by atoms with Gasteiger partial charge in [0.25, 0.3) is 0 Å². The lowest BCUT2D eigenvalue weighted by molar-refractivity contribution is 0.520. The van der Waals surface area contributed by atoms with E-state index in [0.717, 1.165) is 19.5 Å². The highest BCUT2D eigenvalue weighted by Gasteiger charge is 1.93. The minimum absolute atomic E-state index is 0.175. The van der Waals surface area contributed by atoms with Crippen molar-refractivity contribution in [3.63, 3.8) is 0 Å². The van der Waals surface area contributed by atoms with Gasteiger partial charge in [-0.15, -0.1) is 0 Å². The van der Waals surface area contributed by atoms with Gasteiger partial charge >= 0.3 is 0 Å². The lowest BCUT2D eigenvalue weighted by Gasteiger charge is -2.08. The summed E-state index contributed by atoms with van der Waals surface area (Å²) < 4.78 is 7.21. The second-order valence-corrected chi connectivity index (χ2v) is 1.64. The van der Waals surface area contributed by atoms with E-state index in [2.05, 4.69) is 5.32 Å². The van der Waals surface area contributed by atoms with Crippen molar-refractivity contribution in [1.29, 1.82) is 0 Å². The van der Waals surface area contributed by atoms with Crippen LogP contribution in [0.3, 0.4) is 0 Å². The zero-order chi connectivity index (χ0) is 5.11. The average molecular weight is 87.2 g/mol. The van der Waals surface area contributed by atoms with Crippen LogP contribution < -0.4 is 5.32 Å². The quantitative estimate of drug-likeness (QED) is 0.460. The Morgan fingerprint density at radius 2 is 2.33 bits per heavy atom. The van der Waals surface area contributed by atoms with E-state index in [9.17, 15) is 0 Å². The molecule has 0 aromatic rings. The summed E-state index contributed by atoms with van der Waals surface area (Å²) in [7, 11) is 0. The molecule has 1 nitrogen and oxygen atoms in total. The van der Waals surface area contributed by atoms with Gasteiger partial charge in [-0.05, 0) is 25.9 Å². The Kier molecular flexibility index (Phi) is 1.10. The molecule has 0 aromatic heterocycles. The first kappa shape index (κ1) is 3.03. The van der Waals surface area contributed by atoms with E-state index in [1.807, 2.05) is 0 Å². The standard InChI is InChI=1S/C5H11N/c1-2-4-6-5-3-1/h6H,1-5H2/i2T/t2-/m1/s1. The molecule has 1 fully saturated rings. The smallest absolute Gasteiger partial charge is 0.0280 e. The summed E-state index contributed by atoms with van der Waals surface area (Å²) in [6, 6.07) is 0. The highest BCUT2D eigenvalue weighted by atomic mass is 14.9. The van der Waals surface area contributed by atoms with Crippen molar-refractivity contribution >= 4 is 0 Å². The van der Waals surface area contributed by atoms with Crippen molar-refractivity contribution in [2.45, 2.75) is 19.2 Å². The fourth-order valence-electron chi connectivity index (χ4n) is 0.678. The van der Waals surface area contributed by atoms with Crippen LogP contribution in [0.2, 0.25) is 0 Å². The second kappa shape index (κ2) is 2.19. The molecule has 1 atom stereocenters. The van der Waals surface area contributed by atoms with Crippen LogP contribution >= 0.6 is 0 Å². The Balaban J connectivity index is 2.12. The van der Waals surface area contributed by atoms with Crippen LogP contribution in [0, 0.1) is 0 Å². The molecule has 1 heterocycles. The summed E-state index contributed by atoms with van der Waals surface area (Å²) in [5.41, 5.74) is 0. The predicted molar refractivity (Wildman–Crippen MR) is 26.7 cm³/mol. The normalized spacial score (nSPS) is 38.7. The molecule has 0 spiro atoms. The fraction of sp³-hybridized carbons (Fsp3) is 1.00. The van der Waals surface area contributed by atoms with Gasteiger partial charge in [0, 0.05) is 1.37 Å². The van der Waals surface area contributed by atoms with Crippen molar-refractivity contribution in [2.75, 3.05) is 13.1 Å². The van der Waals surface area contributed by atoms with Crippen LogP contribution in [-0.2, 0) is 0 Å². The Hall–Kier alpha value is -0.0400. The van der Waals surface area contributed by atoms with Crippen LogP contribution in [-0.4, -0.2) is 13.1 Å². The largest absolute Gasteiger partial charge is 0.317 e. The van der Waals surface area contributed by atoms with Crippen molar-refractivity contribution in [1.82, 2.24) is 5.32 Å². The SMILES string of the molecule is [3H][C@@H]1CCCNC1. The molecule has 0 aliphatic carbocycles. The fourth-order valence-corrected chi connectivity index (χ4v) is 0.678. The third-order valence-electron chi connectivity index (χ3n) is 1.05. The van der Waals surface area contributed by atoms with E-state index >= 15 is 0 Å². The first-order chi connectivity index (χ1) is 3.39. The highest BCUT2D eigenvalue weighted by molar-refractivity contribution is 4.55. The Labute approximate surface area is 40.1 Å². The number of piperidine rings is 1. The summed E-state index contributed by atoms with van der Waals surface area (Å²) in [5, 5.41) is 3.15. The summed E-state index contributed by atoms with van der Waals surface area (Å²) in [6.45, 7) is 2.02. The zero-order valence-electron chi connectivity index (χ0n) is 4.91. The molecule has 0 saturated carbocycles. The lowest BCUT2D eigenvalue weighted by atomic mass is 10.2. The summed E-state index contributed by atoms with van der Waals surface area (Å²) in [5.74, 6) is 0. The predicted octanol–water partition coefficient (Wildman–Crippen LogP) is 0.760. The highest BCUT2D eigenvalue weighted by Crippen LogP contribution is 1.96. The molecule has 0 aromatic carbocycles. The molecule has 0 radical (unpaired) electrons. The van der Waals surface area contributed by atoms with Crippen LogP contribution in [0.1, 0.15) is 20.6 Å². The third-order valence-corrected chi connectivity index (χ3v) is 1.05. The number of nitrogens with one attached hydrogen (secondary N) is 1. The van der Waals surface area contributed by atoms with Crippen molar-refractivity contribution < 1.29 is 1.37 Å². The lowest BCUT2D eigenvalue weighted by Crippen LogP contribution is -2.21. The van der Waals surface area contributed by atoms with E-state index in [1.165, 1.54) is 6.42 Å². The maximum absolute atomic E-state index is 7.21. The van der Waals surface area contributed by atoms with Crippen molar-refractivity contribution in [2.24, 2.45) is 0 Å². The second-order valence-electron chi connectivity index (χ2n) is 1.64. The van der Waals surface area contributed by atoms with Gasteiger partial charge in [0.2, 0.25) is 0 Å². The van der Waals surface area contributed by atoms with Crippen LogP contribution in [0.5, 0.6) is 0 Å². The monoisotopic (exact) mass is 87.1 g/mol. The Morgan fingerprint density at radius 1 is 1.33 bits per heavy atom. The van der Waals surface area contributed by atoms with E-state index in [0.29, 0.717) is 0 Å². The first-order valence-corrected chi connectivity index (χ1v) is 2.52. The third kappa shape index (κ3) is 0.977. The van der Waals surface area contributed by atoms with Crippen molar-refractivity contribution in [3.8, 4) is 0 Å². The molecule has 6 heavy (non-hydrogen) atoms. The van der Waals surface area contributed by atoms with E-state index < -0.39 is 0 Å². The first-order valence-electron chi connectivity index (χ1n) is 3.10. The van der Waals surface area contributed by atoms with Gasteiger partial charge in [-0.25, -0.2) is 0 Å². The Bertz CT molecular complexity index is 50.0. The van der Waals surface area contributed by atoms with Crippen LogP contribution in [0.15, 0.2) is 0 Å². The number of hydrogen-bond acceptors (Lipinski definition) is 1. The molecule has 1 aliphatic heterocycles. The summed E-state index contributed by atoms with van der Waals surface area (Å²) in [6.07, 6.45) is 2.45. The molecule has 1 aliphatic rings. The molecule has 0 bridgehead atoms. The maximum Gasteiger partial charge on any atom is 0.0280 e. The topological polar surface area (TPSA) is 12.0 Å². The van der Waals surface area contributed by atoms with E-state index in [-0.39, 0.29) is 6.40 Å². The molecule has 1 rings (SSSR count). The molecule has 0 amide bonds. The summed E-state index contributed by atoms with van der Waals surface area (Å²) >= 11 is 0. The minimum Gasteiger partial charge on any atom is -0.317 e. The Morgan fingerprint density at radius 3 is 2.67 bits per heavy atom. The minimum atomic E-state index is 0.175. The van der Waals surface area contributed by atoms with Gasteiger partial charge in [-0.3, -0.25) is 0 Å². The molecule has 0 unspecified atom stereocenters. The van der Waals surface area contributed by atoms with Gasteiger partial charge in [0.05, 0.1) is 0 Å². The van der Waals surface area contributed by atoms with Gasteiger partial charge in [-0.2, -0.15) is 0 Å². The molecule has 1 heteroatoms. The number of hydrogen-bond donors (Lipinski definition) is 1. The van der Waals surface area contributed by atoms with Crippen LogP contribution in [0.25, 0.3) is 0 Å². The molecule has 1 N–H and O–H groups in total. The van der Waals surface area contributed by atoms with Gasteiger partial charge < -0.3 is 5.32 Å². The molecule has 36 valence electrons. The van der Waals surface area contributed by atoms with E-state index in [4.69, 9.17) is 1.37 Å². The van der Waals surface area contributed by atoms with E-state index in [1.54, 1.807) is 0 Å². The maximum atomic E-state index is 7.21.